The van der Waals surface area contributed by atoms with Crippen molar-refractivity contribution in [1.29, 1.82) is 0 Å². The highest BCUT2D eigenvalue weighted by atomic mass is 16.5. The summed E-state index contributed by atoms with van der Waals surface area (Å²) in [5.41, 5.74) is 7.18. The molecule has 0 heterocycles. The zero-order chi connectivity index (χ0) is 18.5. The molecule has 1 aliphatic carbocycles. The Hall–Kier alpha value is -2.86. The molecule has 0 spiro atoms. The maximum atomic E-state index is 12.8. The molecule has 0 saturated heterocycles. The van der Waals surface area contributed by atoms with E-state index in [1.54, 1.807) is 7.11 Å². The third kappa shape index (κ3) is 4.40. The summed E-state index contributed by atoms with van der Waals surface area (Å²) in [6.45, 7) is 0.681. The van der Waals surface area contributed by atoms with Crippen LogP contribution in [-0.4, -0.2) is 25.1 Å². The Morgan fingerprint density at radius 3 is 2.35 bits per heavy atom. The van der Waals surface area contributed by atoms with Gasteiger partial charge in [0.25, 0.3) is 5.91 Å². The highest BCUT2D eigenvalue weighted by molar-refractivity contribution is 5.96. The van der Waals surface area contributed by atoms with Crippen molar-refractivity contribution in [2.45, 2.75) is 31.5 Å². The van der Waals surface area contributed by atoms with E-state index in [9.17, 15) is 9.59 Å². The van der Waals surface area contributed by atoms with Gasteiger partial charge in [-0.2, -0.15) is 0 Å². The molecular formula is C20H24N3O3+. The second-order valence-corrected chi connectivity index (χ2v) is 6.57. The second-order valence-electron chi connectivity index (χ2n) is 6.57. The SMILES string of the molecule is COc1ccc(C[NH+](C2CC2)[C@@H](C(=O)NC(N)=O)c2ccccc2)cc1. The van der Waals surface area contributed by atoms with Crippen LogP contribution in [0.1, 0.15) is 30.0 Å². The smallest absolute Gasteiger partial charge is 0.319 e. The molecule has 0 aliphatic heterocycles. The molecule has 0 radical (unpaired) electrons. The summed E-state index contributed by atoms with van der Waals surface area (Å²) in [6, 6.07) is 16.5. The molecule has 1 unspecified atom stereocenters. The van der Waals surface area contributed by atoms with Gasteiger partial charge in [-0.15, -0.1) is 0 Å². The highest BCUT2D eigenvalue weighted by Gasteiger charge is 2.42. The van der Waals surface area contributed by atoms with Crippen molar-refractivity contribution in [3.05, 3.63) is 65.7 Å². The van der Waals surface area contributed by atoms with Crippen molar-refractivity contribution in [3.63, 3.8) is 0 Å². The number of quaternary nitrogens is 1. The lowest BCUT2D eigenvalue weighted by Gasteiger charge is -2.28. The van der Waals surface area contributed by atoms with Gasteiger partial charge < -0.3 is 15.4 Å². The average Bonchev–Trinajstić information content (AvgIpc) is 3.47. The first-order valence-electron chi connectivity index (χ1n) is 8.72. The van der Waals surface area contributed by atoms with Gasteiger partial charge in [0.05, 0.1) is 13.2 Å². The minimum atomic E-state index is -0.824. The fraction of sp³-hybridized carbons (Fsp3) is 0.300. The minimum absolute atomic E-state index is 0.362. The van der Waals surface area contributed by atoms with Crippen LogP contribution in [-0.2, 0) is 11.3 Å². The van der Waals surface area contributed by atoms with Gasteiger partial charge in [-0.05, 0) is 24.3 Å². The molecule has 6 nitrogen and oxygen atoms in total. The summed E-state index contributed by atoms with van der Waals surface area (Å²) in [7, 11) is 1.64. The first kappa shape index (κ1) is 17.9. The summed E-state index contributed by atoms with van der Waals surface area (Å²) in [5, 5.41) is 2.27. The molecule has 3 rings (SSSR count). The summed E-state index contributed by atoms with van der Waals surface area (Å²) in [5.74, 6) is 0.437. The summed E-state index contributed by atoms with van der Waals surface area (Å²) < 4.78 is 5.21. The Morgan fingerprint density at radius 1 is 1.15 bits per heavy atom. The van der Waals surface area contributed by atoms with Gasteiger partial charge >= 0.3 is 6.03 Å². The Labute approximate surface area is 152 Å². The van der Waals surface area contributed by atoms with E-state index in [-0.39, 0.29) is 5.91 Å². The molecule has 6 heteroatoms. The van der Waals surface area contributed by atoms with Crippen LogP contribution in [0, 0.1) is 0 Å². The predicted molar refractivity (Wildman–Crippen MR) is 97.6 cm³/mol. The number of rotatable bonds is 7. The van der Waals surface area contributed by atoms with Crippen molar-refractivity contribution < 1.29 is 19.2 Å². The van der Waals surface area contributed by atoms with Crippen molar-refractivity contribution in [2.24, 2.45) is 5.73 Å². The summed E-state index contributed by atoms with van der Waals surface area (Å²) in [4.78, 5) is 25.1. The second kappa shape index (κ2) is 8.01. The molecule has 2 atom stereocenters. The number of ether oxygens (including phenoxy) is 1. The number of methoxy groups -OCH3 is 1. The first-order chi connectivity index (χ1) is 12.6. The molecule has 26 heavy (non-hydrogen) atoms. The molecule has 3 amide bonds. The number of carbonyl (C=O) groups is 2. The van der Waals surface area contributed by atoms with Crippen molar-refractivity contribution in [2.75, 3.05) is 7.11 Å². The van der Waals surface area contributed by atoms with Gasteiger partial charge in [-0.25, -0.2) is 4.79 Å². The van der Waals surface area contributed by atoms with Crippen LogP contribution in [0.15, 0.2) is 54.6 Å². The topological polar surface area (TPSA) is 85.9 Å². The normalized spacial score (nSPS) is 15.7. The van der Waals surface area contributed by atoms with Crippen molar-refractivity contribution >= 4 is 11.9 Å². The Balaban J connectivity index is 1.89. The monoisotopic (exact) mass is 354 g/mol. The number of benzene rings is 2. The average molecular weight is 354 g/mol. The molecule has 0 aromatic heterocycles. The van der Waals surface area contributed by atoms with Crippen molar-refractivity contribution in [1.82, 2.24) is 5.32 Å². The maximum Gasteiger partial charge on any atom is 0.319 e. The number of imide groups is 1. The zero-order valence-corrected chi connectivity index (χ0v) is 14.8. The number of nitrogens with two attached hydrogens (primary N) is 1. The highest BCUT2D eigenvalue weighted by Crippen LogP contribution is 2.21. The molecule has 2 aromatic carbocycles. The van der Waals surface area contributed by atoms with Crippen LogP contribution in [0.5, 0.6) is 5.75 Å². The zero-order valence-electron chi connectivity index (χ0n) is 14.8. The molecule has 136 valence electrons. The molecule has 1 saturated carbocycles. The Kier molecular flexibility index (Phi) is 5.53. The van der Waals surface area contributed by atoms with E-state index in [4.69, 9.17) is 10.5 Å². The van der Waals surface area contributed by atoms with Gasteiger partial charge in [0.1, 0.15) is 12.3 Å². The van der Waals surface area contributed by atoms with Crippen molar-refractivity contribution in [3.8, 4) is 5.75 Å². The van der Waals surface area contributed by atoms with E-state index in [0.29, 0.717) is 12.6 Å². The lowest BCUT2D eigenvalue weighted by molar-refractivity contribution is -0.946. The van der Waals surface area contributed by atoms with Crippen LogP contribution in [0.3, 0.4) is 0 Å². The van der Waals surface area contributed by atoms with Gasteiger partial charge in [0.15, 0.2) is 6.04 Å². The van der Waals surface area contributed by atoms with Gasteiger partial charge in [0, 0.05) is 24.0 Å². The third-order valence-corrected chi connectivity index (χ3v) is 4.68. The molecule has 1 fully saturated rings. The summed E-state index contributed by atoms with van der Waals surface area (Å²) >= 11 is 0. The summed E-state index contributed by atoms with van der Waals surface area (Å²) in [6.07, 6.45) is 2.14. The fourth-order valence-corrected chi connectivity index (χ4v) is 3.29. The van der Waals surface area contributed by atoms with Gasteiger partial charge in [-0.1, -0.05) is 30.3 Å². The molecule has 2 aromatic rings. The number of primary amides is 1. The fourth-order valence-electron chi connectivity index (χ4n) is 3.29. The standard InChI is InChI=1S/C20H23N3O3/c1-26-17-11-7-14(8-12-17)13-23(16-9-10-16)18(19(24)22-20(21)25)15-5-3-2-4-6-15/h2-8,11-12,16,18H,9-10,13H2,1H3,(H3,21,22,24,25)/p+1/t18-/m1/s1. The van der Waals surface area contributed by atoms with E-state index >= 15 is 0 Å². The number of urea groups is 1. The van der Waals surface area contributed by atoms with Gasteiger partial charge in [0.2, 0.25) is 0 Å². The quantitative estimate of drug-likeness (QED) is 0.698. The number of hydrogen-bond acceptors (Lipinski definition) is 3. The van der Waals surface area contributed by atoms with E-state index in [2.05, 4.69) is 5.32 Å². The minimum Gasteiger partial charge on any atom is -0.497 e. The third-order valence-electron chi connectivity index (χ3n) is 4.68. The van der Waals surface area contributed by atoms with Gasteiger partial charge in [-0.3, -0.25) is 10.1 Å². The molecule has 0 bridgehead atoms. The maximum absolute atomic E-state index is 12.8. The predicted octanol–water partition coefficient (Wildman–Crippen LogP) is 1.18. The molecule has 1 aliphatic rings. The van der Waals surface area contributed by atoms with E-state index in [1.165, 1.54) is 0 Å². The van der Waals surface area contributed by atoms with Crippen LogP contribution in [0.2, 0.25) is 0 Å². The first-order valence-corrected chi connectivity index (χ1v) is 8.72. The number of amides is 3. The molecular weight excluding hydrogens is 330 g/mol. The number of nitrogens with one attached hydrogen (secondary N) is 2. The van der Waals surface area contributed by atoms with Crippen LogP contribution >= 0.6 is 0 Å². The van der Waals surface area contributed by atoms with E-state index in [0.717, 1.165) is 34.6 Å². The molecule has 4 N–H and O–H groups in total. The number of hydrogen-bond donors (Lipinski definition) is 3. The van der Waals surface area contributed by atoms with Crippen LogP contribution in [0.4, 0.5) is 4.79 Å². The Morgan fingerprint density at radius 2 is 1.81 bits per heavy atom. The van der Waals surface area contributed by atoms with E-state index in [1.807, 2.05) is 54.6 Å². The van der Waals surface area contributed by atoms with E-state index < -0.39 is 12.1 Å². The number of carbonyl (C=O) groups excluding carboxylic acids is 2. The Bertz CT molecular complexity index is 758. The lowest BCUT2D eigenvalue weighted by atomic mass is 10.0. The van der Waals surface area contributed by atoms with Crippen LogP contribution in [0.25, 0.3) is 0 Å². The lowest BCUT2D eigenvalue weighted by Crippen LogP contribution is -3.13. The largest absolute Gasteiger partial charge is 0.497 e. The van der Waals surface area contributed by atoms with Crippen LogP contribution < -0.4 is 20.7 Å².